The van der Waals surface area contributed by atoms with Gasteiger partial charge in [-0.1, -0.05) is 0 Å². The van der Waals surface area contributed by atoms with Crippen molar-refractivity contribution < 1.29 is 14.3 Å². The number of methoxy groups -OCH3 is 1. The molecule has 5 nitrogen and oxygen atoms in total. The number of aryl methyl sites for hydroxylation is 2. The molecule has 0 radical (unpaired) electrons. The minimum Gasteiger partial charge on any atom is -0.497 e. The highest BCUT2D eigenvalue weighted by molar-refractivity contribution is 7.10. The second-order valence-corrected chi connectivity index (χ2v) is 9.75. The molecule has 1 unspecified atom stereocenters. The van der Waals surface area contributed by atoms with Crippen LogP contribution in [0.1, 0.15) is 64.9 Å². The van der Waals surface area contributed by atoms with Crippen LogP contribution in [0.15, 0.2) is 23.6 Å². The lowest BCUT2D eigenvalue weighted by molar-refractivity contribution is -0.116. The number of fused-ring (bicyclic) bond motifs is 1. The van der Waals surface area contributed by atoms with E-state index < -0.39 is 0 Å². The van der Waals surface area contributed by atoms with E-state index in [4.69, 9.17) is 4.74 Å². The molecule has 1 aromatic heterocycles. The third-order valence-corrected chi connectivity index (χ3v) is 7.67. The first-order valence-corrected chi connectivity index (χ1v) is 12.3. The molecule has 2 aromatic rings. The summed E-state index contributed by atoms with van der Waals surface area (Å²) in [7, 11) is 1.64. The number of nitrogens with zero attached hydrogens (tertiary/aromatic N) is 1. The summed E-state index contributed by atoms with van der Waals surface area (Å²) in [5.74, 6) is 1.40. The monoisotopic (exact) mass is 440 g/mol. The highest BCUT2D eigenvalue weighted by atomic mass is 32.1. The van der Waals surface area contributed by atoms with Gasteiger partial charge in [0.05, 0.1) is 12.7 Å². The molecule has 2 heterocycles. The fraction of sp³-hybridized carbons (Fsp3) is 0.520. The molecule has 1 saturated heterocycles. The molecule has 0 bridgehead atoms. The first kappa shape index (κ1) is 21.9. The maximum Gasteiger partial charge on any atom is 0.254 e. The van der Waals surface area contributed by atoms with Crippen molar-refractivity contribution in [3.05, 3.63) is 45.1 Å². The molecular formula is C25H32N2O3S. The van der Waals surface area contributed by atoms with Gasteiger partial charge in [0.15, 0.2) is 0 Å². The van der Waals surface area contributed by atoms with E-state index in [0.717, 1.165) is 67.8 Å². The van der Waals surface area contributed by atoms with Crippen LogP contribution in [-0.2, 0) is 17.6 Å². The summed E-state index contributed by atoms with van der Waals surface area (Å²) < 4.78 is 5.22. The summed E-state index contributed by atoms with van der Waals surface area (Å²) in [5, 5.41) is 5.09. The highest BCUT2D eigenvalue weighted by Gasteiger charge is 2.28. The summed E-state index contributed by atoms with van der Waals surface area (Å²) in [5.41, 5.74) is 4.06. The van der Waals surface area contributed by atoms with E-state index in [0.29, 0.717) is 12.3 Å². The molecule has 1 N–H and O–H groups in total. The minimum absolute atomic E-state index is 0.0311. The van der Waals surface area contributed by atoms with Crippen molar-refractivity contribution in [1.29, 1.82) is 0 Å². The van der Waals surface area contributed by atoms with Crippen molar-refractivity contribution in [1.82, 2.24) is 4.90 Å². The van der Waals surface area contributed by atoms with Gasteiger partial charge < -0.3 is 15.0 Å². The van der Waals surface area contributed by atoms with Crippen LogP contribution >= 0.6 is 11.3 Å². The quantitative estimate of drug-likeness (QED) is 0.670. The van der Waals surface area contributed by atoms with Crippen LogP contribution in [0.2, 0.25) is 0 Å². The molecule has 2 aliphatic rings. The zero-order valence-corrected chi connectivity index (χ0v) is 19.4. The molecule has 2 amide bonds. The zero-order chi connectivity index (χ0) is 21.8. The molecular weight excluding hydrogens is 408 g/mol. The first-order chi connectivity index (χ1) is 15.0. The molecule has 0 spiro atoms. The minimum atomic E-state index is 0.0311. The fourth-order valence-electron chi connectivity index (χ4n) is 4.78. The van der Waals surface area contributed by atoms with Crippen molar-refractivity contribution in [2.24, 2.45) is 5.92 Å². The number of thiophene rings is 1. The number of likely N-dealkylation sites (tertiary alicyclic amines) is 1. The Bertz CT molecular complexity index is 952. The summed E-state index contributed by atoms with van der Waals surface area (Å²) in [4.78, 5) is 29.1. The number of ether oxygens (including phenoxy) is 1. The van der Waals surface area contributed by atoms with Crippen molar-refractivity contribution in [3.8, 4) is 5.75 Å². The highest BCUT2D eigenvalue weighted by Crippen LogP contribution is 2.32. The maximum atomic E-state index is 13.2. The van der Waals surface area contributed by atoms with Crippen molar-refractivity contribution in [3.63, 3.8) is 0 Å². The summed E-state index contributed by atoms with van der Waals surface area (Å²) in [6, 6.07) is 5.66. The Balaban J connectivity index is 1.30. The smallest absolute Gasteiger partial charge is 0.254 e. The number of anilines is 1. The maximum absolute atomic E-state index is 13.2. The predicted octanol–water partition coefficient (Wildman–Crippen LogP) is 5.22. The number of rotatable bonds is 6. The van der Waals surface area contributed by atoms with Gasteiger partial charge in [0, 0.05) is 35.5 Å². The van der Waals surface area contributed by atoms with Crippen molar-refractivity contribution >= 4 is 28.8 Å². The third kappa shape index (κ3) is 5.12. The molecule has 166 valence electrons. The van der Waals surface area contributed by atoms with Crippen LogP contribution in [0.3, 0.4) is 0 Å². The van der Waals surface area contributed by atoms with Crippen LogP contribution in [-0.4, -0.2) is 36.9 Å². The SMILES string of the molecule is COc1ccc(NC(=O)CCC2CCCN(C(=O)c3csc4c3CCCC4)C2)c(C)c1. The Morgan fingerprint density at radius 1 is 1.23 bits per heavy atom. The summed E-state index contributed by atoms with van der Waals surface area (Å²) >= 11 is 1.76. The van der Waals surface area contributed by atoms with Gasteiger partial charge in [0.2, 0.25) is 5.91 Å². The second kappa shape index (κ2) is 9.86. The molecule has 1 atom stereocenters. The van der Waals surface area contributed by atoms with Gasteiger partial charge >= 0.3 is 0 Å². The zero-order valence-electron chi connectivity index (χ0n) is 18.5. The van der Waals surface area contributed by atoms with E-state index in [-0.39, 0.29) is 11.8 Å². The number of hydrogen-bond acceptors (Lipinski definition) is 4. The number of piperidine rings is 1. The van der Waals surface area contributed by atoms with E-state index in [1.807, 2.05) is 30.0 Å². The van der Waals surface area contributed by atoms with Gasteiger partial charge in [-0.3, -0.25) is 9.59 Å². The van der Waals surface area contributed by atoms with E-state index in [9.17, 15) is 9.59 Å². The number of carbonyl (C=O) groups excluding carboxylic acids is 2. The fourth-order valence-corrected chi connectivity index (χ4v) is 5.90. The Morgan fingerprint density at radius 3 is 2.87 bits per heavy atom. The second-order valence-electron chi connectivity index (χ2n) is 8.79. The lowest BCUT2D eigenvalue weighted by atomic mass is 9.91. The number of benzene rings is 1. The molecule has 0 saturated carbocycles. The molecule has 1 aliphatic heterocycles. The molecule has 1 aromatic carbocycles. The van der Waals surface area contributed by atoms with Crippen LogP contribution < -0.4 is 10.1 Å². The molecule has 1 fully saturated rings. The van der Waals surface area contributed by atoms with Crippen LogP contribution in [0.25, 0.3) is 0 Å². The van der Waals surface area contributed by atoms with Gasteiger partial charge in [-0.2, -0.15) is 0 Å². The number of carbonyl (C=O) groups is 2. The van der Waals surface area contributed by atoms with Gasteiger partial charge in [0.25, 0.3) is 5.91 Å². The summed E-state index contributed by atoms with van der Waals surface area (Å²) in [6.45, 7) is 3.56. The Kier molecular flexibility index (Phi) is 6.96. The largest absolute Gasteiger partial charge is 0.497 e. The average Bonchev–Trinajstić information content (AvgIpc) is 3.23. The Hall–Kier alpha value is -2.34. The Morgan fingerprint density at radius 2 is 2.06 bits per heavy atom. The number of hydrogen-bond donors (Lipinski definition) is 1. The lowest BCUT2D eigenvalue weighted by Gasteiger charge is -2.33. The average molecular weight is 441 g/mol. The van der Waals surface area contributed by atoms with Gasteiger partial charge in [0.1, 0.15) is 5.75 Å². The standard InChI is InChI=1S/C25H32N2O3S/c1-17-14-19(30-2)10-11-22(17)26-24(28)12-9-18-6-5-13-27(15-18)25(29)21-16-31-23-8-4-3-7-20(21)23/h10-11,14,16,18H,3-9,12-13,15H2,1-2H3,(H,26,28). The van der Waals surface area contributed by atoms with Crippen molar-refractivity contribution in [2.75, 3.05) is 25.5 Å². The number of amides is 2. The van der Waals surface area contributed by atoms with Gasteiger partial charge in [-0.25, -0.2) is 0 Å². The normalized spacial score (nSPS) is 18.4. The van der Waals surface area contributed by atoms with E-state index >= 15 is 0 Å². The first-order valence-electron chi connectivity index (χ1n) is 11.4. The molecule has 1 aliphatic carbocycles. The third-order valence-electron chi connectivity index (χ3n) is 6.59. The van der Waals surface area contributed by atoms with Crippen LogP contribution in [0, 0.1) is 12.8 Å². The van der Waals surface area contributed by atoms with Gasteiger partial charge in [-0.05, 0) is 87.1 Å². The summed E-state index contributed by atoms with van der Waals surface area (Å²) in [6.07, 6.45) is 7.99. The molecule has 31 heavy (non-hydrogen) atoms. The molecule has 4 rings (SSSR count). The van der Waals surface area contributed by atoms with Gasteiger partial charge in [-0.15, -0.1) is 11.3 Å². The van der Waals surface area contributed by atoms with Crippen LogP contribution in [0.4, 0.5) is 5.69 Å². The lowest BCUT2D eigenvalue weighted by Crippen LogP contribution is -2.40. The van der Waals surface area contributed by atoms with E-state index in [1.54, 1.807) is 18.4 Å². The topological polar surface area (TPSA) is 58.6 Å². The Labute approximate surface area is 188 Å². The predicted molar refractivity (Wildman–Crippen MR) is 125 cm³/mol. The number of nitrogens with one attached hydrogen (secondary N) is 1. The van der Waals surface area contributed by atoms with Crippen molar-refractivity contribution in [2.45, 2.75) is 58.3 Å². The molecule has 6 heteroatoms. The van der Waals surface area contributed by atoms with Crippen LogP contribution in [0.5, 0.6) is 5.75 Å². The van der Waals surface area contributed by atoms with E-state index in [1.165, 1.54) is 23.3 Å². The van der Waals surface area contributed by atoms with E-state index in [2.05, 4.69) is 10.7 Å².